The number of piperidine rings is 1. The highest BCUT2D eigenvalue weighted by molar-refractivity contribution is 8.00. The Morgan fingerprint density at radius 3 is 2.89 bits per heavy atom. The number of Topliss-reactive ketones (excluding diaryl/α,β-unsaturated/α-hetero) is 1. The monoisotopic (exact) mass is 527 g/mol. The van der Waals surface area contributed by atoms with Crippen molar-refractivity contribution in [2.45, 2.75) is 32.6 Å². The first kappa shape index (κ1) is 24.9. The molecule has 3 aromatic rings. The third kappa shape index (κ3) is 4.56. The first-order chi connectivity index (χ1) is 17.4. The molecule has 3 heterocycles. The van der Waals surface area contributed by atoms with Crippen molar-refractivity contribution < 1.29 is 9.18 Å². The number of fused-ring (bicyclic) bond motifs is 2. The number of nitrogens with two attached hydrogens (primary N) is 2. The summed E-state index contributed by atoms with van der Waals surface area (Å²) < 4.78 is 17.6. The number of hydrogen-bond acceptors (Lipinski definition) is 9. The minimum atomic E-state index is -0.628. The van der Waals surface area contributed by atoms with Gasteiger partial charge in [-0.1, -0.05) is 6.92 Å². The number of thiazole rings is 1. The van der Waals surface area contributed by atoms with E-state index >= 15 is 0 Å². The van der Waals surface area contributed by atoms with Gasteiger partial charge in [0.15, 0.2) is 10.8 Å². The zero-order chi connectivity index (χ0) is 25.3. The summed E-state index contributed by atoms with van der Waals surface area (Å²) in [6.45, 7) is 4.14. The van der Waals surface area contributed by atoms with Crippen LogP contribution < -0.4 is 11.6 Å². The van der Waals surface area contributed by atoms with Crippen LogP contribution in [0.4, 0.5) is 4.39 Å². The molecule has 1 aromatic carbocycles. The van der Waals surface area contributed by atoms with Gasteiger partial charge >= 0.3 is 0 Å². The first-order valence-corrected chi connectivity index (χ1v) is 13.7. The fourth-order valence-electron chi connectivity index (χ4n) is 5.37. The molecule has 2 atom stereocenters. The molecule has 5 rings (SSSR count). The Hall–Kier alpha value is -2.73. The zero-order valence-corrected chi connectivity index (χ0v) is 21.8. The molecule has 190 valence electrons. The molecule has 0 spiro atoms. The molecule has 1 aliphatic carbocycles. The van der Waals surface area contributed by atoms with Crippen molar-refractivity contribution in [3.63, 3.8) is 0 Å². The van der Waals surface area contributed by atoms with Crippen molar-refractivity contribution in [1.29, 1.82) is 0 Å². The van der Waals surface area contributed by atoms with Crippen molar-refractivity contribution in [3.8, 4) is 5.69 Å². The van der Waals surface area contributed by atoms with Crippen molar-refractivity contribution in [3.05, 3.63) is 75.4 Å². The largest absolute Gasteiger partial charge is 0.402 e. The van der Waals surface area contributed by atoms with Gasteiger partial charge in [0.2, 0.25) is 0 Å². The highest BCUT2D eigenvalue weighted by Gasteiger charge is 2.53. The van der Waals surface area contributed by atoms with E-state index in [0.717, 1.165) is 47.8 Å². The molecular weight excluding hydrogens is 497 g/mol. The summed E-state index contributed by atoms with van der Waals surface area (Å²) in [4.78, 5) is 18.4. The Labute approximate surface area is 218 Å². The predicted octanol–water partition coefficient (Wildman–Crippen LogP) is 3.75. The van der Waals surface area contributed by atoms with Crippen LogP contribution in [0.15, 0.2) is 53.3 Å². The summed E-state index contributed by atoms with van der Waals surface area (Å²) in [5.74, 6) is 6.15. The molecule has 2 aliphatic rings. The van der Waals surface area contributed by atoms with Gasteiger partial charge < -0.3 is 10.7 Å². The lowest BCUT2D eigenvalue weighted by Gasteiger charge is -2.49. The molecule has 1 fully saturated rings. The minimum Gasteiger partial charge on any atom is -0.402 e. The number of carbonyl (C=O) groups excluding carboxylic acids is 1. The molecule has 11 heteroatoms. The van der Waals surface area contributed by atoms with Gasteiger partial charge in [0.05, 0.1) is 17.3 Å². The van der Waals surface area contributed by atoms with Crippen molar-refractivity contribution in [2.75, 3.05) is 19.6 Å². The number of benzene rings is 1. The van der Waals surface area contributed by atoms with E-state index < -0.39 is 5.41 Å². The smallest absolute Gasteiger partial charge is 0.199 e. The van der Waals surface area contributed by atoms with E-state index in [0.29, 0.717) is 24.5 Å². The molecule has 0 radical (unpaired) electrons. The average molecular weight is 528 g/mol. The van der Waals surface area contributed by atoms with Gasteiger partial charge in [-0.3, -0.25) is 4.79 Å². The Kier molecular flexibility index (Phi) is 7.16. The van der Waals surface area contributed by atoms with Crippen LogP contribution in [-0.2, 0) is 12.8 Å². The van der Waals surface area contributed by atoms with Crippen LogP contribution in [0.3, 0.4) is 0 Å². The summed E-state index contributed by atoms with van der Waals surface area (Å²) in [5, 5.41) is 9.46. The summed E-state index contributed by atoms with van der Waals surface area (Å²) in [7, 11) is 0. The van der Waals surface area contributed by atoms with Gasteiger partial charge in [-0.15, -0.1) is 11.3 Å². The van der Waals surface area contributed by atoms with Gasteiger partial charge in [-0.25, -0.2) is 24.2 Å². The van der Waals surface area contributed by atoms with Gasteiger partial charge in [-0.05, 0) is 73.4 Å². The van der Waals surface area contributed by atoms with E-state index in [2.05, 4.69) is 21.3 Å². The highest BCUT2D eigenvalue weighted by Crippen LogP contribution is 2.49. The molecule has 2 aromatic heterocycles. The number of nitrogens with zero attached hydrogens (tertiary/aromatic N) is 5. The maximum absolute atomic E-state index is 14.0. The molecule has 1 saturated heterocycles. The molecule has 0 saturated carbocycles. The second-order valence-corrected chi connectivity index (χ2v) is 11.4. The fourth-order valence-corrected chi connectivity index (χ4v) is 7.07. The summed E-state index contributed by atoms with van der Waals surface area (Å²) >= 11 is 2.90. The topological polar surface area (TPSA) is 106 Å². The molecule has 1 aliphatic heterocycles. The quantitative estimate of drug-likeness (QED) is 0.197. The second kappa shape index (κ2) is 10.3. The minimum absolute atomic E-state index is 0.0874. The van der Waals surface area contributed by atoms with Gasteiger partial charge in [0, 0.05) is 43.1 Å². The van der Waals surface area contributed by atoms with Gasteiger partial charge in [-0.2, -0.15) is 5.10 Å². The summed E-state index contributed by atoms with van der Waals surface area (Å²) in [6.07, 6.45) is 8.12. The fraction of sp³-hybridized carbons (Fsp3) is 0.400. The molecule has 36 heavy (non-hydrogen) atoms. The van der Waals surface area contributed by atoms with Crippen LogP contribution in [0.2, 0.25) is 0 Å². The Balaban J connectivity index is 1.48. The van der Waals surface area contributed by atoms with Crippen LogP contribution in [-0.4, -0.2) is 49.5 Å². The van der Waals surface area contributed by atoms with Gasteiger partial charge in [0.1, 0.15) is 10.8 Å². The van der Waals surface area contributed by atoms with Crippen molar-refractivity contribution in [2.24, 2.45) is 22.9 Å². The molecule has 8 nitrogen and oxygen atoms in total. The Bertz CT molecular complexity index is 1240. The molecule has 0 bridgehead atoms. The normalized spacial score (nSPS) is 22.2. The third-order valence-electron chi connectivity index (χ3n) is 7.13. The van der Waals surface area contributed by atoms with E-state index in [-0.39, 0.29) is 17.5 Å². The number of rotatable bonds is 8. The van der Waals surface area contributed by atoms with E-state index in [9.17, 15) is 9.18 Å². The average Bonchev–Trinajstić information content (AvgIpc) is 3.56. The van der Waals surface area contributed by atoms with Crippen LogP contribution in [0.5, 0.6) is 0 Å². The van der Waals surface area contributed by atoms with E-state index in [4.69, 9.17) is 11.6 Å². The van der Waals surface area contributed by atoms with Crippen LogP contribution >= 0.6 is 23.3 Å². The van der Waals surface area contributed by atoms with E-state index in [1.54, 1.807) is 23.3 Å². The van der Waals surface area contributed by atoms with Crippen molar-refractivity contribution >= 4 is 29.1 Å². The number of carbonyl (C=O) groups is 1. The zero-order valence-electron chi connectivity index (χ0n) is 20.1. The maximum Gasteiger partial charge on any atom is 0.199 e. The van der Waals surface area contributed by atoms with Crippen LogP contribution in [0.1, 0.15) is 40.8 Å². The van der Waals surface area contributed by atoms with Crippen LogP contribution in [0, 0.1) is 17.2 Å². The molecule has 2 unspecified atom stereocenters. The number of aromatic nitrogens is 3. The summed E-state index contributed by atoms with van der Waals surface area (Å²) in [5.41, 5.74) is 8.25. The van der Waals surface area contributed by atoms with E-state index in [1.807, 2.05) is 16.3 Å². The Morgan fingerprint density at radius 2 is 2.19 bits per heavy atom. The number of hydrazine groups is 1. The number of halogens is 1. The van der Waals surface area contributed by atoms with Gasteiger partial charge in [0.25, 0.3) is 0 Å². The SMILES string of the molecule is CCCN(N)/C(=C\N)SN1CCC2Cc3c(cnn3-c3ccc(F)cc3)CC2(C(=O)c2nccs2)C1. The lowest BCUT2D eigenvalue weighted by atomic mass is 9.61. The standard InChI is InChI=1S/C25H30FN7OS2/c1-2-9-32(28)22(14-27)36-31-10-7-18-12-21-17(15-30-33(21)20-5-3-19(26)4-6-20)13-25(18,16-31)23(34)24-29-8-11-35-24/h3-6,8,11,14-15,18H,2,7,9-10,12-13,16,27-28H2,1H3/b22-14+. The predicted molar refractivity (Wildman–Crippen MR) is 141 cm³/mol. The highest BCUT2D eigenvalue weighted by atomic mass is 32.2. The number of ketones is 1. The maximum atomic E-state index is 14.0. The lowest BCUT2D eigenvalue weighted by molar-refractivity contribution is 0.0417. The molecule has 4 N–H and O–H groups in total. The molecular formula is C25H30FN7OS2. The van der Waals surface area contributed by atoms with Crippen LogP contribution in [0.25, 0.3) is 5.69 Å². The third-order valence-corrected chi connectivity index (χ3v) is 9.03. The molecule has 0 amide bonds. The second-order valence-electron chi connectivity index (χ2n) is 9.35. The first-order valence-electron chi connectivity index (χ1n) is 12.1. The lowest BCUT2D eigenvalue weighted by Crippen LogP contribution is -2.55. The van der Waals surface area contributed by atoms with E-state index in [1.165, 1.54) is 41.6 Å². The Morgan fingerprint density at radius 1 is 1.39 bits per heavy atom. The summed E-state index contributed by atoms with van der Waals surface area (Å²) in [6, 6.07) is 6.36. The van der Waals surface area contributed by atoms with Crippen molar-refractivity contribution in [1.82, 2.24) is 24.1 Å². The number of hydrogen-bond donors (Lipinski definition) is 2.